The Morgan fingerprint density at radius 2 is 1.68 bits per heavy atom. The van der Waals surface area contributed by atoms with Crippen LogP contribution in [0.1, 0.15) is 44.4 Å². The normalized spacial score (nSPS) is 10.2. The number of hydrogen-bond acceptors (Lipinski definition) is 7. The van der Waals surface area contributed by atoms with E-state index in [2.05, 4.69) is 35.9 Å². The maximum atomic E-state index is 11.8. The fourth-order valence-corrected chi connectivity index (χ4v) is 2.78. The van der Waals surface area contributed by atoms with Crippen molar-refractivity contribution in [1.82, 2.24) is 9.97 Å². The van der Waals surface area contributed by atoms with Crippen molar-refractivity contribution in [3.63, 3.8) is 0 Å². The molecule has 0 saturated carbocycles. The van der Waals surface area contributed by atoms with Gasteiger partial charge in [0, 0.05) is 17.5 Å². The van der Waals surface area contributed by atoms with Crippen LogP contribution in [-0.4, -0.2) is 30.8 Å². The van der Waals surface area contributed by atoms with Crippen LogP contribution in [0.3, 0.4) is 0 Å². The zero-order chi connectivity index (χ0) is 19.9. The van der Waals surface area contributed by atoms with Gasteiger partial charge in [-0.2, -0.15) is 0 Å². The van der Waals surface area contributed by atoms with E-state index in [1.807, 2.05) is 25.1 Å². The van der Waals surface area contributed by atoms with Gasteiger partial charge in [-0.05, 0) is 36.2 Å². The Bertz CT molecular complexity index is 870. The van der Waals surface area contributed by atoms with Crippen LogP contribution in [0.4, 0.5) is 4.79 Å². The van der Waals surface area contributed by atoms with Gasteiger partial charge in [0.05, 0.1) is 5.69 Å². The summed E-state index contributed by atoms with van der Waals surface area (Å²) in [7, 11) is -3.42. The van der Waals surface area contributed by atoms with Gasteiger partial charge in [-0.1, -0.05) is 45.4 Å². The van der Waals surface area contributed by atoms with Crippen molar-refractivity contribution in [2.75, 3.05) is 6.26 Å². The van der Waals surface area contributed by atoms with Crippen molar-refractivity contribution in [3.8, 4) is 11.3 Å². The van der Waals surface area contributed by atoms with E-state index in [0.29, 0.717) is 11.6 Å². The Balaban J connectivity index is 0. The van der Waals surface area contributed by atoms with E-state index in [1.54, 1.807) is 0 Å². The van der Waals surface area contributed by atoms with Crippen LogP contribution >= 0.6 is 0 Å². The van der Waals surface area contributed by atoms with E-state index < -0.39 is 16.0 Å². The monoisotopic (exact) mass is 456 g/mol. The van der Waals surface area contributed by atoms with Gasteiger partial charge in [-0.3, -0.25) is 0 Å². The van der Waals surface area contributed by atoms with Crippen LogP contribution in [0.15, 0.2) is 35.5 Å². The Morgan fingerprint density at radius 3 is 2.14 bits per heavy atom. The minimum absolute atomic E-state index is 0. The number of benzene rings is 1. The standard InChI is InChI=1S/C17H22N2O2S.CH2O3.2K/c1-5-7-15-11-16(19-17(18-15)22(4,20)21)14-9-6-8-13(10-14)12(2)3;2-1(3)4;;/h6,8-12H,5,7H2,1-4H3;(H2,2,3,4);;/q;;2*+1/p-2. The van der Waals surface area contributed by atoms with E-state index in [9.17, 15) is 8.42 Å². The first-order valence-electron chi connectivity index (χ1n) is 8.11. The number of carboxylic acid groups (broad SMARTS) is 2. The quantitative estimate of drug-likeness (QED) is 0.327. The molecule has 0 aliphatic carbocycles. The van der Waals surface area contributed by atoms with Crippen molar-refractivity contribution in [1.29, 1.82) is 0 Å². The minimum Gasteiger partial charge on any atom is -0.652 e. The second-order valence-electron chi connectivity index (χ2n) is 6.08. The third-order valence-electron chi connectivity index (χ3n) is 3.45. The molecule has 0 fully saturated rings. The number of carbonyl (C=O) groups is 1. The Labute approximate surface area is 251 Å². The molecular formula is C18H22K2N2O5S. The molecular weight excluding hydrogens is 434 g/mol. The Morgan fingerprint density at radius 1 is 1.11 bits per heavy atom. The number of aromatic nitrogens is 2. The maximum absolute atomic E-state index is 11.8. The van der Waals surface area contributed by atoms with Crippen molar-refractivity contribution >= 4 is 16.0 Å². The summed E-state index contributed by atoms with van der Waals surface area (Å²) in [6, 6.07) is 9.95. The predicted octanol–water partition coefficient (Wildman–Crippen LogP) is -4.82. The minimum atomic E-state index is -3.42. The molecule has 1 heterocycles. The van der Waals surface area contributed by atoms with E-state index in [0.717, 1.165) is 30.4 Å². The number of carbonyl (C=O) groups excluding carboxylic acids is 1. The number of rotatable bonds is 5. The third-order valence-corrected chi connectivity index (χ3v) is 4.29. The van der Waals surface area contributed by atoms with Gasteiger partial charge in [0.2, 0.25) is 15.0 Å². The third kappa shape index (κ3) is 11.3. The fraction of sp³-hybridized carbons (Fsp3) is 0.389. The zero-order valence-corrected chi connectivity index (χ0v) is 24.3. The van der Waals surface area contributed by atoms with Crippen LogP contribution in [-0.2, 0) is 16.3 Å². The van der Waals surface area contributed by atoms with Crippen LogP contribution in [0.5, 0.6) is 0 Å². The molecule has 10 heteroatoms. The topological polar surface area (TPSA) is 123 Å². The molecule has 1 aromatic carbocycles. The molecule has 0 aliphatic rings. The van der Waals surface area contributed by atoms with E-state index >= 15 is 0 Å². The van der Waals surface area contributed by atoms with E-state index in [1.165, 1.54) is 5.56 Å². The maximum Gasteiger partial charge on any atom is 1.00 e. The molecule has 1 aromatic heterocycles. The van der Waals surface area contributed by atoms with E-state index in [-0.39, 0.29) is 108 Å². The summed E-state index contributed by atoms with van der Waals surface area (Å²) < 4.78 is 23.6. The molecule has 7 nitrogen and oxygen atoms in total. The molecule has 0 N–H and O–H groups in total. The van der Waals surface area contributed by atoms with Crippen molar-refractivity contribution < 1.29 is 126 Å². The summed E-state index contributed by atoms with van der Waals surface area (Å²) in [5.74, 6) is 0.409. The number of nitrogens with zero attached hydrogens (tertiary/aromatic N) is 2. The molecule has 0 aliphatic heterocycles. The molecule has 2 rings (SSSR count). The van der Waals surface area contributed by atoms with Crippen LogP contribution < -0.4 is 113 Å². The summed E-state index contributed by atoms with van der Waals surface area (Å²) in [4.78, 5) is 16.8. The van der Waals surface area contributed by atoms with Crippen LogP contribution in [0.2, 0.25) is 0 Å². The molecule has 0 amide bonds. The molecule has 0 unspecified atom stereocenters. The molecule has 28 heavy (non-hydrogen) atoms. The average Bonchev–Trinajstić information content (AvgIpc) is 2.53. The summed E-state index contributed by atoms with van der Waals surface area (Å²) in [5, 5.41) is 16.6. The zero-order valence-electron chi connectivity index (χ0n) is 17.2. The molecule has 2 aromatic rings. The molecule has 142 valence electrons. The first-order valence-corrected chi connectivity index (χ1v) is 10.00. The van der Waals surface area contributed by atoms with Crippen LogP contribution in [0.25, 0.3) is 11.3 Å². The number of hydrogen-bond donors (Lipinski definition) is 0. The van der Waals surface area contributed by atoms with Gasteiger partial charge in [-0.25, -0.2) is 18.4 Å². The molecule has 0 atom stereocenters. The molecule has 0 spiro atoms. The SMILES string of the molecule is CCCc1cc(-c2cccc(C(C)C)c2)nc(S(C)(=O)=O)n1.O=C([O-])[O-].[K+].[K+]. The number of aryl methyl sites for hydroxylation is 1. The fourth-order valence-electron chi connectivity index (χ4n) is 2.23. The smallest absolute Gasteiger partial charge is 0.652 e. The van der Waals surface area contributed by atoms with Crippen molar-refractivity contribution in [3.05, 3.63) is 41.6 Å². The molecule has 0 saturated heterocycles. The summed E-state index contributed by atoms with van der Waals surface area (Å²) >= 11 is 0. The Kier molecular flexibility index (Phi) is 16.3. The number of sulfone groups is 1. The van der Waals surface area contributed by atoms with Gasteiger partial charge in [0.25, 0.3) is 0 Å². The van der Waals surface area contributed by atoms with Gasteiger partial charge in [0.1, 0.15) is 0 Å². The van der Waals surface area contributed by atoms with E-state index in [4.69, 9.17) is 15.0 Å². The van der Waals surface area contributed by atoms with Gasteiger partial charge >= 0.3 is 103 Å². The Hall–Kier alpha value is 0.793. The van der Waals surface area contributed by atoms with Gasteiger partial charge in [0.15, 0.2) is 0 Å². The predicted molar refractivity (Wildman–Crippen MR) is 94.1 cm³/mol. The summed E-state index contributed by atoms with van der Waals surface area (Å²) in [6.45, 7) is 6.30. The van der Waals surface area contributed by atoms with Gasteiger partial charge in [-0.15, -0.1) is 0 Å². The second-order valence-corrected chi connectivity index (χ2v) is 7.99. The van der Waals surface area contributed by atoms with Gasteiger partial charge < -0.3 is 15.0 Å². The summed E-state index contributed by atoms with van der Waals surface area (Å²) in [6.07, 6.45) is 0.458. The molecule has 0 radical (unpaired) electrons. The average molecular weight is 457 g/mol. The summed E-state index contributed by atoms with van der Waals surface area (Å²) in [5.41, 5.74) is 3.56. The van der Waals surface area contributed by atoms with Crippen molar-refractivity contribution in [2.45, 2.75) is 44.7 Å². The molecule has 0 bridgehead atoms. The van der Waals surface area contributed by atoms with Crippen molar-refractivity contribution in [2.24, 2.45) is 0 Å². The first-order chi connectivity index (χ1) is 12.0. The second kappa shape index (κ2) is 14.7. The van der Waals surface area contributed by atoms with Crippen LogP contribution in [0, 0.1) is 0 Å². The first kappa shape index (κ1) is 31.0. The largest absolute Gasteiger partial charge is 1.00 e.